The molecule has 54 valence electrons. The highest BCUT2D eigenvalue weighted by molar-refractivity contribution is 14.1. The number of rotatable bonds is 2. The van der Waals surface area contributed by atoms with E-state index in [4.69, 9.17) is 9.84 Å². The van der Waals surface area contributed by atoms with Gasteiger partial charge in [-0.25, -0.2) is 0 Å². The van der Waals surface area contributed by atoms with Gasteiger partial charge in [0.05, 0.1) is 12.7 Å². The van der Waals surface area contributed by atoms with E-state index in [1.54, 1.807) is 0 Å². The molecule has 1 aliphatic rings. The van der Waals surface area contributed by atoms with Crippen molar-refractivity contribution in [1.29, 1.82) is 0 Å². The average Bonchev–Trinajstić information content (AvgIpc) is 2.34. The predicted octanol–water partition coefficient (Wildman–Crippen LogP) is 0.819. The van der Waals surface area contributed by atoms with E-state index >= 15 is 0 Å². The van der Waals surface area contributed by atoms with Crippen molar-refractivity contribution in [1.82, 2.24) is 0 Å². The van der Waals surface area contributed by atoms with Crippen molar-refractivity contribution in [3.63, 3.8) is 0 Å². The fourth-order valence-electron chi connectivity index (χ4n) is 1.01. The van der Waals surface area contributed by atoms with E-state index in [1.807, 2.05) is 0 Å². The maximum atomic E-state index is 8.70. The third kappa shape index (κ3) is 2.05. The van der Waals surface area contributed by atoms with E-state index in [0.29, 0.717) is 12.0 Å². The first-order valence-electron chi connectivity index (χ1n) is 3.15. The van der Waals surface area contributed by atoms with Crippen molar-refractivity contribution >= 4 is 22.6 Å². The number of halogens is 1. The Morgan fingerprint density at radius 3 is 2.78 bits per heavy atom. The van der Waals surface area contributed by atoms with Crippen LogP contribution in [-0.2, 0) is 4.74 Å². The van der Waals surface area contributed by atoms with E-state index in [0.717, 1.165) is 17.5 Å². The van der Waals surface area contributed by atoms with Crippen LogP contribution >= 0.6 is 22.6 Å². The molecule has 2 nitrogen and oxygen atoms in total. The summed E-state index contributed by atoms with van der Waals surface area (Å²) in [5, 5.41) is 8.70. The third-order valence-electron chi connectivity index (χ3n) is 1.59. The van der Waals surface area contributed by atoms with Gasteiger partial charge >= 0.3 is 0 Å². The summed E-state index contributed by atoms with van der Waals surface area (Å²) in [4.78, 5) is 0. The minimum absolute atomic E-state index is 0.285. The fraction of sp³-hybridized carbons (Fsp3) is 1.00. The number of hydrogen-bond acceptors (Lipinski definition) is 2. The van der Waals surface area contributed by atoms with Crippen LogP contribution in [0.25, 0.3) is 0 Å². The summed E-state index contributed by atoms with van der Waals surface area (Å²) in [6.07, 6.45) is 1.45. The summed E-state index contributed by atoms with van der Waals surface area (Å²) in [5.74, 6) is 0.407. The Hall–Kier alpha value is 0.650. The molecule has 1 aliphatic heterocycles. The summed E-state index contributed by atoms with van der Waals surface area (Å²) in [6, 6.07) is 0. The molecule has 0 aromatic carbocycles. The average molecular weight is 242 g/mol. The van der Waals surface area contributed by atoms with E-state index in [2.05, 4.69) is 22.6 Å². The van der Waals surface area contributed by atoms with Gasteiger partial charge in [0.15, 0.2) is 0 Å². The minimum atomic E-state index is 0.285. The predicted molar refractivity (Wildman–Crippen MR) is 43.8 cm³/mol. The molecule has 1 saturated heterocycles. The number of aliphatic hydroxyl groups is 1. The van der Waals surface area contributed by atoms with Crippen molar-refractivity contribution in [2.45, 2.75) is 12.5 Å². The highest BCUT2D eigenvalue weighted by Gasteiger charge is 2.23. The van der Waals surface area contributed by atoms with Gasteiger partial charge in [-0.1, -0.05) is 22.6 Å². The molecule has 0 amide bonds. The molecule has 0 aromatic rings. The second-order valence-corrected chi connectivity index (χ2v) is 3.27. The molecule has 1 heterocycles. The van der Waals surface area contributed by atoms with Gasteiger partial charge in [-0.15, -0.1) is 0 Å². The van der Waals surface area contributed by atoms with Crippen LogP contribution in [0.2, 0.25) is 0 Å². The van der Waals surface area contributed by atoms with Crippen LogP contribution in [-0.4, -0.2) is 28.9 Å². The number of aliphatic hydroxyl groups excluding tert-OH is 1. The lowest BCUT2D eigenvalue weighted by Gasteiger charge is -2.01. The fourth-order valence-corrected chi connectivity index (χ4v) is 1.63. The van der Waals surface area contributed by atoms with Gasteiger partial charge in [0.25, 0.3) is 0 Å². The largest absolute Gasteiger partial charge is 0.396 e. The lowest BCUT2D eigenvalue weighted by molar-refractivity contribution is 0.117. The molecule has 0 unspecified atom stereocenters. The number of alkyl halides is 1. The van der Waals surface area contributed by atoms with Gasteiger partial charge in [0, 0.05) is 17.0 Å². The normalized spacial score (nSPS) is 35.3. The molecule has 0 saturated carbocycles. The molecule has 0 radical (unpaired) electrons. The second-order valence-electron chi connectivity index (χ2n) is 2.39. The van der Waals surface area contributed by atoms with Gasteiger partial charge in [-0.2, -0.15) is 0 Å². The van der Waals surface area contributed by atoms with E-state index in [9.17, 15) is 0 Å². The number of ether oxygens (including phenoxy) is 1. The standard InChI is InChI=1S/C6H11IO2/c7-2-6-1-5(3-8)4-9-6/h5-6,8H,1-4H2/t5-,6-/m1/s1. The topological polar surface area (TPSA) is 29.5 Å². The Morgan fingerprint density at radius 1 is 1.67 bits per heavy atom. The highest BCUT2D eigenvalue weighted by Crippen LogP contribution is 2.19. The first-order chi connectivity index (χ1) is 4.36. The van der Waals surface area contributed by atoms with Crippen LogP contribution in [0.4, 0.5) is 0 Å². The molecule has 2 atom stereocenters. The van der Waals surface area contributed by atoms with Crippen molar-refractivity contribution in [3.05, 3.63) is 0 Å². The minimum Gasteiger partial charge on any atom is -0.396 e. The molecular weight excluding hydrogens is 231 g/mol. The molecule has 1 fully saturated rings. The first kappa shape index (κ1) is 7.75. The molecule has 9 heavy (non-hydrogen) atoms. The molecule has 0 aliphatic carbocycles. The molecule has 0 aromatic heterocycles. The zero-order valence-corrected chi connectivity index (χ0v) is 7.37. The first-order valence-corrected chi connectivity index (χ1v) is 4.67. The van der Waals surface area contributed by atoms with Crippen LogP contribution in [0.5, 0.6) is 0 Å². The maximum Gasteiger partial charge on any atom is 0.0668 e. The monoisotopic (exact) mass is 242 g/mol. The van der Waals surface area contributed by atoms with Crippen LogP contribution in [0.3, 0.4) is 0 Å². The van der Waals surface area contributed by atoms with Gasteiger partial charge in [0.2, 0.25) is 0 Å². The lowest BCUT2D eigenvalue weighted by atomic mass is 10.1. The Bertz CT molecular complexity index is 77.1. The van der Waals surface area contributed by atoms with Crippen molar-refractivity contribution in [2.24, 2.45) is 5.92 Å². The second kappa shape index (κ2) is 3.73. The smallest absolute Gasteiger partial charge is 0.0668 e. The van der Waals surface area contributed by atoms with Crippen LogP contribution in [0.15, 0.2) is 0 Å². The summed E-state index contributed by atoms with van der Waals surface area (Å²) >= 11 is 2.31. The SMILES string of the molecule is OC[C@@H]1CO[C@@H](CI)C1. The molecular formula is C6H11IO2. The van der Waals surface area contributed by atoms with E-state index in [1.165, 1.54) is 0 Å². The molecule has 0 bridgehead atoms. The zero-order chi connectivity index (χ0) is 6.69. The molecule has 1 rings (SSSR count). The van der Waals surface area contributed by atoms with Gasteiger partial charge in [-0.3, -0.25) is 0 Å². The van der Waals surface area contributed by atoms with Gasteiger partial charge < -0.3 is 9.84 Å². The summed E-state index contributed by atoms with van der Waals surface area (Å²) in [5.41, 5.74) is 0. The quantitative estimate of drug-likeness (QED) is 0.573. The van der Waals surface area contributed by atoms with Crippen LogP contribution in [0.1, 0.15) is 6.42 Å². The Kier molecular flexibility index (Phi) is 3.21. The Labute approximate surface area is 68.7 Å². The van der Waals surface area contributed by atoms with Crippen molar-refractivity contribution in [2.75, 3.05) is 17.6 Å². The third-order valence-corrected chi connectivity index (χ3v) is 2.58. The number of hydrogen-bond donors (Lipinski definition) is 1. The van der Waals surface area contributed by atoms with E-state index in [-0.39, 0.29) is 6.61 Å². The highest BCUT2D eigenvalue weighted by atomic mass is 127. The van der Waals surface area contributed by atoms with Crippen molar-refractivity contribution in [3.8, 4) is 0 Å². The lowest BCUT2D eigenvalue weighted by Crippen LogP contribution is -2.06. The van der Waals surface area contributed by atoms with Crippen LogP contribution < -0.4 is 0 Å². The van der Waals surface area contributed by atoms with Crippen molar-refractivity contribution < 1.29 is 9.84 Å². The molecule has 0 spiro atoms. The molecule has 3 heteroatoms. The Morgan fingerprint density at radius 2 is 2.44 bits per heavy atom. The van der Waals surface area contributed by atoms with Gasteiger partial charge in [0.1, 0.15) is 0 Å². The molecule has 1 N–H and O–H groups in total. The summed E-state index contributed by atoms with van der Waals surface area (Å²) < 4.78 is 6.39. The summed E-state index contributed by atoms with van der Waals surface area (Å²) in [7, 11) is 0. The summed E-state index contributed by atoms with van der Waals surface area (Å²) in [6.45, 7) is 1.04. The maximum absolute atomic E-state index is 8.70. The van der Waals surface area contributed by atoms with E-state index < -0.39 is 0 Å². The van der Waals surface area contributed by atoms with Crippen LogP contribution in [0, 0.1) is 5.92 Å². The Balaban J connectivity index is 2.20. The zero-order valence-electron chi connectivity index (χ0n) is 5.22. The van der Waals surface area contributed by atoms with Gasteiger partial charge in [-0.05, 0) is 6.42 Å².